The van der Waals surface area contributed by atoms with Gasteiger partial charge in [-0.2, -0.15) is 5.26 Å². The van der Waals surface area contributed by atoms with E-state index >= 15 is 0 Å². The lowest BCUT2D eigenvalue weighted by Gasteiger charge is -2.20. The number of nitrogens with zero attached hydrogens (tertiary/aromatic N) is 3. The second-order valence-electron chi connectivity index (χ2n) is 4.29. The van der Waals surface area contributed by atoms with Gasteiger partial charge in [-0.1, -0.05) is 19.1 Å². The van der Waals surface area contributed by atoms with Crippen LogP contribution in [-0.2, 0) is 6.42 Å². The quantitative estimate of drug-likeness (QED) is 0.912. The molecule has 1 aromatic carbocycles. The van der Waals surface area contributed by atoms with Crippen LogP contribution in [0.1, 0.15) is 18.1 Å². The van der Waals surface area contributed by atoms with Crippen LogP contribution in [0, 0.1) is 11.3 Å². The van der Waals surface area contributed by atoms with E-state index in [2.05, 4.69) is 30.1 Å². The Hall–Kier alpha value is -2.54. The molecule has 0 saturated carbocycles. The Balaban J connectivity index is 2.38. The van der Waals surface area contributed by atoms with E-state index in [1.54, 1.807) is 12.3 Å². The zero-order valence-electron chi connectivity index (χ0n) is 11.1. The van der Waals surface area contributed by atoms with Gasteiger partial charge in [-0.3, -0.25) is 0 Å². The molecule has 0 saturated heterocycles. The summed E-state index contributed by atoms with van der Waals surface area (Å²) in [6.07, 6.45) is 2.61. The van der Waals surface area contributed by atoms with Crippen LogP contribution < -0.4 is 10.6 Å². The zero-order chi connectivity index (χ0) is 13.8. The maximum atomic E-state index is 8.99. The summed E-state index contributed by atoms with van der Waals surface area (Å²) in [7, 11) is 1.89. The first-order valence-corrected chi connectivity index (χ1v) is 6.14. The fourth-order valence-electron chi connectivity index (χ4n) is 1.90. The molecule has 0 atom stereocenters. The molecule has 0 radical (unpaired) electrons. The average Bonchev–Trinajstić information content (AvgIpc) is 2.47. The molecule has 0 aliphatic heterocycles. The minimum atomic E-state index is 0.409. The molecule has 4 heteroatoms. The van der Waals surface area contributed by atoms with E-state index in [4.69, 9.17) is 11.0 Å². The summed E-state index contributed by atoms with van der Waals surface area (Å²) < 4.78 is 0. The molecule has 2 rings (SSSR count). The number of hydrogen-bond acceptors (Lipinski definition) is 4. The van der Waals surface area contributed by atoms with E-state index in [0.717, 1.165) is 12.1 Å². The molecule has 96 valence electrons. The van der Waals surface area contributed by atoms with E-state index in [1.807, 2.05) is 24.1 Å². The van der Waals surface area contributed by atoms with Crippen molar-refractivity contribution in [3.05, 3.63) is 47.7 Å². The minimum absolute atomic E-state index is 0.409. The molecule has 2 aromatic rings. The van der Waals surface area contributed by atoms with Crippen LogP contribution in [0.25, 0.3) is 0 Å². The first-order valence-electron chi connectivity index (χ1n) is 6.14. The molecule has 0 aliphatic rings. The number of nitrogens with two attached hydrogens (primary N) is 1. The number of anilines is 3. The molecular weight excluding hydrogens is 236 g/mol. The van der Waals surface area contributed by atoms with E-state index in [-0.39, 0.29) is 0 Å². The number of aryl methyl sites for hydroxylation is 1. The van der Waals surface area contributed by atoms with Crippen LogP contribution in [0.4, 0.5) is 17.2 Å². The summed E-state index contributed by atoms with van der Waals surface area (Å²) >= 11 is 0. The smallest absolute Gasteiger partial charge is 0.157 e. The predicted octanol–water partition coefficient (Wildman–Crippen LogP) is 2.87. The Labute approximate surface area is 113 Å². The summed E-state index contributed by atoms with van der Waals surface area (Å²) in [6.45, 7) is 2.12. The van der Waals surface area contributed by atoms with Crippen LogP contribution in [0.15, 0.2) is 36.5 Å². The van der Waals surface area contributed by atoms with Gasteiger partial charge in [0.05, 0.1) is 11.3 Å². The predicted molar refractivity (Wildman–Crippen MR) is 77.2 cm³/mol. The van der Waals surface area contributed by atoms with Crippen molar-refractivity contribution in [1.29, 1.82) is 5.26 Å². The highest BCUT2D eigenvalue weighted by Gasteiger charge is 2.11. The number of nitriles is 1. The molecule has 0 amide bonds. The molecule has 0 spiro atoms. The Morgan fingerprint density at radius 2 is 1.95 bits per heavy atom. The van der Waals surface area contributed by atoms with E-state index < -0.39 is 0 Å². The molecule has 0 fully saturated rings. The number of benzene rings is 1. The molecule has 1 aromatic heterocycles. The Kier molecular flexibility index (Phi) is 3.67. The number of pyridine rings is 1. The third kappa shape index (κ3) is 2.50. The third-order valence-corrected chi connectivity index (χ3v) is 3.14. The van der Waals surface area contributed by atoms with Gasteiger partial charge in [0.1, 0.15) is 6.07 Å². The van der Waals surface area contributed by atoms with Gasteiger partial charge in [0.2, 0.25) is 0 Å². The molecular formula is C15H16N4. The zero-order valence-corrected chi connectivity index (χ0v) is 11.1. The highest BCUT2D eigenvalue weighted by atomic mass is 15.2. The number of rotatable bonds is 3. The molecule has 0 unspecified atom stereocenters. The van der Waals surface area contributed by atoms with Gasteiger partial charge in [0, 0.05) is 18.9 Å². The Morgan fingerprint density at radius 3 is 2.53 bits per heavy atom. The summed E-state index contributed by atoms with van der Waals surface area (Å²) in [5.74, 6) is 0.600. The van der Waals surface area contributed by atoms with Gasteiger partial charge in [-0.25, -0.2) is 4.98 Å². The third-order valence-electron chi connectivity index (χ3n) is 3.14. The number of hydrogen-bond donors (Lipinski definition) is 1. The maximum absolute atomic E-state index is 8.99. The van der Waals surface area contributed by atoms with Crippen LogP contribution in [-0.4, -0.2) is 12.0 Å². The minimum Gasteiger partial charge on any atom is -0.395 e. The van der Waals surface area contributed by atoms with Gasteiger partial charge in [-0.05, 0) is 30.2 Å². The number of nitrogen functional groups attached to an aromatic ring is 1. The van der Waals surface area contributed by atoms with Crippen molar-refractivity contribution in [2.24, 2.45) is 0 Å². The molecule has 0 bridgehead atoms. The highest BCUT2D eigenvalue weighted by molar-refractivity contribution is 5.75. The molecule has 4 nitrogen and oxygen atoms in total. The second kappa shape index (κ2) is 5.40. The fourth-order valence-corrected chi connectivity index (χ4v) is 1.90. The van der Waals surface area contributed by atoms with Crippen molar-refractivity contribution in [3.63, 3.8) is 0 Å². The van der Waals surface area contributed by atoms with Crippen LogP contribution in [0.2, 0.25) is 0 Å². The van der Waals surface area contributed by atoms with Crippen molar-refractivity contribution in [2.75, 3.05) is 17.7 Å². The lowest BCUT2D eigenvalue weighted by atomic mass is 10.1. The Bertz CT molecular complexity index is 611. The van der Waals surface area contributed by atoms with Crippen molar-refractivity contribution < 1.29 is 0 Å². The first kappa shape index (κ1) is 12.9. The molecule has 0 aliphatic carbocycles. The monoisotopic (exact) mass is 252 g/mol. The van der Waals surface area contributed by atoms with E-state index in [9.17, 15) is 0 Å². The summed E-state index contributed by atoms with van der Waals surface area (Å²) in [4.78, 5) is 6.14. The lowest BCUT2D eigenvalue weighted by Crippen LogP contribution is -2.14. The van der Waals surface area contributed by atoms with Crippen LogP contribution in [0.3, 0.4) is 0 Å². The first-order chi connectivity index (χ1) is 9.17. The SMILES string of the molecule is CCc1ccc(N(C)c2nccc(C#N)c2N)cc1. The lowest BCUT2D eigenvalue weighted by molar-refractivity contribution is 1.11. The number of aromatic nitrogens is 1. The van der Waals surface area contributed by atoms with Gasteiger partial charge >= 0.3 is 0 Å². The molecule has 2 N–H and O–H groups in total. The molecule has 1 heterocycles. The van der Waals surface area contributed by atoms with Crippen LogP contribution in [0.5, 0.6) is 0 Å². The summed E-state index contributed by atoms with van der Waals surface area (Å²) in [6, 6.07) is 11.9. The van der Waals surface area contributed by atoms with Crippen molar-refractivity contribution in [1.82, 2.24) is 4.98 Å². The average molecular weight is 252 g/mol. The molecule has 19 heavy (non-hydrogen) atoms. The fraction of sp³-hybridized carbons (Fsp3) is 0.200. The topological polar surface area (TPSA) is 65.9 Å². The normalized spacial score (nSPS) is 9.95. The standard InChI is InChI=1S/C15H16N4/c1-3-11-4-6-13(7-5-11)19(2)15-14(17)12(10-16)8-9-18-15/h4-9H,3,17H2,1-2H3. The van der Waals surface area contributed by atoms with Crippen molar-refractivity contribution in [2.45, 2.75) is 13.3 Å². The van der Waals surface area contributed by atoms with E-state index in [1.165, 1.54) is 5.56 Å². The van der Waals surface area contributed by atoms with Crippen LogP contribution >= 0.6 is 0 Å². The van der Waals surface area contributed by atoms with Gasteiger partial charge in [0.25, 0.3) is 0 Å². The summed E-state index contributed by atoms with van der Waals surface area (Å²) in [5.41, 5.74) is 9.09. The van der Waals surface area contributed by atoms with Gasteiger partial charge in [-0.15, -0.1) is 0 Å². The van der Waals surface area contributed by atoms with E-state index in [0.29, 0.717) is 17.1 Å². The van der Waals surface area contributed by atoms with Gasteiger partial charge < -0.3 is 10.6 Å². The highest BCUT2D eigenvalue weighted by Crippen LogP contribution is 2.28. The van der Waals surface area contributed by atoms with Crippen molar-refractivity contribution in [3.8, 4) is 6.07 Å². The largest absolute Gasteiger partial charge is 0.395 e. The summed E-state index contributed by atoms with van der Waals surface area (Å²) in [5, 5.41) is 8.99. The second-order valence-corrected chi connectivity index (χ2v) is 4.29. The Morgan fingerprint density at radius 1 is 1.26 bits per heavy atom. The van der Waals surface area contributed by atoms with Crippen molar-refractivity contribution >= 4 is 17.2 Å². The maximum Gasteiger partial charge on any atom is 0.157 e. The van der Waals surface area contributed by atoms with Gasteiger partial charge in [0.15, 0.2) is 5.82 Å².